The van der Waals surface area contributed by atoms with E-state index in [2.05, 4.69) is 21.5 Å². The van der Waals surface area contributed by atoms with Gasteiger partial charge in [0.05, 0.1) is 37.3 Å². The highest BCUT2D eigenvalue weighted by molar-refractivity contribution is 5.83. The quantitative estimate of drug-likeness (QED) is 0.492. The Kier molecular flexibility index (Phi) is 9.56. The number of aromatic nitrogens is 3. The molecule has 0 fully saturated rings. The van der Waals surface area contributed by atoms with Crippen LogP contribution in [0.4, 0.5) is 15.9 Å². The number of pyridine rings is 1. The summed E-state index contributed by atoms with van der Waals surface area (Å²) in [6.45, 7) is 2.16. The van der Waals surface area contributed by atoms with Crippen molar-refractivity contribution < 1.29 is 23.8 Å². The van der Waals surface area contributed by atoms with Gasteiger partial charge in [0, 0.05) is 38.2 Å². The van der Waals surface area contributed by atoms with E-state index >= 15 is 0 Å². The van der Waals surface area contributed by atoms with Crippen molar-refractivity contribution in [3.05, 3.63) is 29.8 Å². The van der Waals surface area contributed by atoms with Crippen LogP contribution in [0.15, 0.2) is 18.3 Å². The first-order chi connectivity index (χ1) is 13.6. The van der Waals surface area contributed by atoms with Crippen LogP contribution >= 0.6 is 0 Å². The summed E-state index contributed by atoms with van der Waals surface area (Å²) in [7, 11) is 3.91. The molecule has 0 aliphatic carbocycles. The predicted molar refractivity (Wildman–Crippen MR) is 100 cm³/mol. The van der Waals surface area contributed by atoms with E-state index in [1.807, 2.05) is 6.92 Å². The predicted octanol–water partition coefficient (Wildman–Crippen LogP) is 2.33. The largest absolute Gasteiger partial charge is 0.481 e. The number of aliphatic hydroxyl groups is 1. The number of nitrogens with one attached hydrogen (secondary N) is 1. The average molecular weight is 393 g/mol. The molecule has 0 aromatic carbocycles. The molecular weight excluding hydrogens is 369 g/mol. The summed E-state index contributed by atoms with van der Waals surface area (Å²) < 4.78 is 25.2. The maximum absolute atomic E-state index is 13.6. The highest BCUT2D eigenvalue weighted by atomic mass is 19.1. The first-order valence-electron chi connectivity index (χ1n) is 8.42. The number of rotatable bonds is 9. The van der Waals surface area contributed by atoms with Crippen molar-refractivity contribution in [1.82, 2.24) is 14.8 Å². The van der Waals surface area contributed by atoms with Crippen LogP contribution in [-0.4, -0.2) is 54.1 Å². The molecule has 0 spiro atoms. The zero-order valence-corrected chi connectivity index (χ0v) is 16.2. The van der Waals surface area contributed by atoms with Crippen LogP contribution in [0.5, 0.6) is 5.88 Å². The molecular formula is C18H24FN5O4. The Labute approximate surface area is 162 Å². The van der Waals surface area contributed by atoms with Gasteiger partial charge in [-0.3, -0.25) is 9.48 Å². The standard InChI is InChI=1S/C17H20FN5O3.CH4O/c1-4-11(7-19)14(10-25-2)23-8-12(9-24)17(22-23)20-13-5-15(18)21-16(6-13)26-3;1-2/h5-6,8-9,11,14H,4,10H2,1-3H3,(H,20,21,22);2H,1H3. The van der Waals surface area contributed by atoms with E-state index < -0.39 is 5.95 Å². The molecule has 0 amide bonds. The summed E-state index contributed by atoms with van der Waals surface area (Å²) in [6, 6.07) is 4.52. The monoisotopic (exact) mass is 393 g/mol. The maximum atomic E-state index is 13.6. The van der Waals surface area contributed by atoms with Gasteiger partial charge < -0.3 is 19.9 Å². The normalized spacial score (nSPS) is 12.2. The zero-order valence-electron chi connectivity index (χ0n) is 16.2. The first-order valence-corrected chi connectivity index (χ1v) is 8.42. The van der Waals surface area contributed by atoms with E-state index in [0.717, 1.165) is 13.2 Å². The molecule has 0 aliphatic rings. The number of hydrogen-bond donors (Lipinski definition) is 2. The lowest BCUT2D eigenvalue weighted by Gasteiger charge is -2.20. The van der Waals surface area contributed by atoms with E-state index in [1.165, 1.54) is 31.2 Å². The van der Waals surface area contributed by atoms with Crippen LogP contribution in [0.2, 0.25) is 0 Å². The van der Waals surface area contributed by atoms with Gasteiger partial charge in [0.15, 0.2) is 12.1 Å². The number of nitriles is 1. The van der Waals surface area contributed by atoms with Gasteiger partial charge in [0.1, 0.15) is 0 Å². The highest BCUT2D eigenvalue weighted by Gasteiger charge is 2.24. The Balaban J connectivity index is 0.00000190. The van der Waals surface area contributed by atoms with E-state index in [-0.39, 0.29) is 35.8 Å². The van der Waals surface area contributed by atoms with Gasteiger partial charge in [0.2, 0.25) is 11.8 Å². The number of aldehydes is 1. The molecule has 0 bridgehead atoms. The molecule has 0 saturated heterocycles. The second-order valence-corrected chi connectivity index (χ2v) is 5.54. The Bertz CT molecular complexity index is 806. The molecule has 152 valence electrons. The van der Waals surface area contributed by atoms with Crippen molar-refractivity contribution >= 4 is 17.8 Å². The van der Waals surface area contributed by atoms with Crippen molar-refractivity contribution in [3.8, 4) is 11.9 Å². The van der Waals surface area contributed by atoms with Crippen LogP contribution in [-0.2, 0) is 4.74 Å². The van der Waals surface area contributed by atoms with Gasteiger partial charge in [-0.05, 0) is 6.42 Å². The minimum atomic E-state index is -0.730. The Morgan fingerprint density at radius 2 is 2.14 bits per heavy atom. The molecule has 2 unspecified atom stereocenters. The van der Waals surface area contributed by atoms with Crippen molar-refractivity contribution in [3.63, 3.8) is 0 Å². The number of halogens is 1. The number of carbonyl (C=O) groups is 1. The lowest BCUT2D eigenvalue weighted by atomic mass is 9.99. The lowest BCUT2D eigenvalue weighted by Crippen LogP contribution is -2.23. The van der Waals surface area contributed by atoms with Crippen molar-refractivity contribution in [2.45, 2.75) is 19.4 Å². The minimum absolute atomic E-state index is 0.0902. The average Bonchev–Trinajstić information content (AvgIpc) is 3.11. The third kappa shape index (κ3) is 5.73. The Hall–Kier alpha value is -3.03. The summed E-state index contributed by atoms with van der Waals surface area (Å²) >= 11 is 0. The molecule has 0 radical (unpaired) electrons. The van der Waals surface area contributed by atoms with E-state index in [4.69, 9.17) is 14.6 Å². The van der Waals surface area contributed by atoms with Gasteiger partial charge in [-0.2, -0.15) is 19.7 Å². The third-order valence-electron chi connectivity index (χ3n) is 3.88. The van der Waals surface area contributed by atoms with Crippen molar-refractivity contribution in [1.29, 1.82) is 5.26 Å². The second kappa shape index (κ2) is 11.6. The van der Waals surface area contributed by atoms with Crippen LogP contribution in [0.3, 0.4) is 0 Å². The minimum Gasteiger partial charge on any atom is -0.481 e. The van der Waals surface area contributed by atoms with Gasteiger partial charge in [0.25, 0.3) is 0 Å². The fraction of sp³-hybridized carbons (Fsp3) is 0.444. The van der Waals surface area contributed by atoms with Gasteiger partial charge in [-0.15, -0.1) is 0 Å². The molecule has 2 aromatic heterocycles. The summed E-state index contributed by atoms with van der Waals surface area (Å²) in [4.78, 5) is 15.0. The Morgan fingerprint density at radius 3 is 2.68 bits per heavy atom. The number of nitrogens with zero attached hydrogens (tertiary/aromatic N) is 4. The fourth-order valence-corrected chi connectivity index (χ4v) is 2.54. The van der Waals surface area contributed by atoms with E-state index in [0.29, 0.717) is 18.4 Å². The van der Waals surface area contributed by atoms with Crippen molar-refractivity contribution in [2.24, 2.45) is 5.92 Å². The van der Waals surface area contributed by atoms with Gasteiger partial charge in [-0.25, -0.2) is 0 Å². The number of carbonyl (C=O) groups excluding carboxylic acids is 1. The first kappa shape index (κ1) is 23.0. The molecule has 0 aliphatic heterocycles. The lowest BCUT2D eigenvalue weighted by molar-refractivity contribution is 0.112. The Morgan fingerprint density at radius 1 is 1.43 bits per heavy atom. The highest BCUT2D eigenvalue weighted by Crippen LogP contribution is 2.26. The summed E-state index contributed by atoms with van der Waals surface area (Å²) in [5, 5.41) is 23.6. The number of methoxy groups -OCH3 is 2. The third-order valence-corrected chi connectivity index (χ3v) is 3.88. The molecule has 2 N–H and O–H groups in total. The topological polar surface area (TPSA) is 122 Å². The van der Waals surface area contributed by atoms with Gasteiger partial charge in [-0.1, -0.05) is 6.92 Å². The number of anilines is 2. The molecule has 2 aromatic rings. The summed E-state index contributed by atoms with van der Waals surface area (Å²) in [6.07, 6.45) is 2.78. The van der Waals surface area contributed by atoms with Crippen LogP contribution in [0, 0.1) is 23.2 Å². The van der Waals surface area contributed by atoms with Crippen LogP contribution in [0.25, 0.3) is 0 Å². The van der Waals surface area contributed by atoms with Gasteiger partial charge >= 0.3 is 0 Å². The smallest absolute Gasteiger partial charge is 0.218 e. The van der Waals surface area contributed by atoms with Crippen LogP contribution < -0.4 is 10.1 Å². The maximum Gasteiger partial charge on any atom is 0.218 e. The number of ether oxygens (including phenoxy) is 2. The molecule has 10 heteroatoms. The second-order valence-electron chi connectivity index (χ2n) is 5.54. The summed E-state index contributed by atoms with van der Waals surface area (Å²) in [5.41, 5.74) is 0.605. The fourth-order valence-electron chi connectivity index (χ4n) is 2.54. The summed E-state index contributed by atoms with van der Waals surface area (Å²) in [5.74, 6) is -0.735. The van der Waals surface area contributed by atoms with E-state index in [1.54, 1.807) is 0 Å². The number of aliphatic hydroxyl groups excluding tert-OH is 1. The molecule has 2 atom stereocenters. The zero-order chi connectivity index (χ0) is 21.1. The molecule has 2 heterocycles. The molecule has 9 nitrogen and oxygen atoms in total. The molecule has 0 saturated carbocycles. The van der Waals surface area contributed by atoms with E-state index in [9.17, 15) is 14.4 Å². The molecule has 2 rings (SSSR count). The number of hydrogen-bond acceptors (Lipinski definition) is 8. The molecule has 28 heavy (non-hydrogen) atoms. The van der Waals surface area contributed by atoms with Crippen LogP contribution in [0.1, 0.15) is 29.7 Å². The SMILES string of the molecule is CCC(C#N)C(COC)n1cc(C=O)c(Nc2cc(F)nc(OC)c2)n1.CO. The van der Waals surface area contributed by atoms with Crippen molar-refractivity contribution in [2.75, 3.05) is 33.3 Å².